The summed E-state index contributed by atoms with van der Waals surface area (Å²) in [6, 6.07) is 4.22. The van der Waals surface area contributed by atoms with Gasteiger partial charge in [0.1, 0.15) is 0 Å². The molecular formula is C13H12Cl2N2O2S2. The summed E-state index contributed by atoms with van der Waals surface area (Å²) in [6.45, 7) is 0. The van der Waals surface area contributed by atoms with Gasteiger partial charge in [-0.2, -0.15) is 0 Å². The monoisotopic (exact) mass is 362 g/mol. The van der Waals surface area contributed by atoms with Crippen LogP contribution in [0.1, 0.15) is 23.4 Å². The normalized spacial score (nSPS) is 14.8. The maximum Gasteiger partial charge on any atom is 0.263 e. The van der Waals surface area contributed by atoms with E-state index in [0.29, 0.717) is 10.2 Å². The molecule has 4 nitrogen and oxygen atoms in total. The van der Waals surface area contributed by atoms with E-state index in [9.17, 15) is 8.42 Å². The molecule has 1 aromatic heterocycles. The number of hydrogen-bond acceptors (Lipinski definition) is 4. The quantitative estimate of drug-likeness (QED) is 0.892. The summed E-state index contributed by atoms with van der Waals surface area (Å²) in [5.74, 6) is 0. The van der Waals surface area contributed by atoms with Gasteiger partial charge in [0, 0.05) is 4.88 Å². The highest BCUT2D eigenvalue weighted by atomic mass is 35.5. The van der Waals surface area contributed by atoms with Crippen LogP contribution in [0.25, 0.3) is 0 Å². The second-order valence-electron chi connectivity index (χ2n) is 4.78. The van der Waals surface area contributed by atoms with Gasteiger partial charge in [0.05, 0.1) is 20.6 Å². The smallest absolute Gasteiger partial charge is 0.255 e. The number of benzene rings is 1. The molecule has 21 heavy (non-hydrogen) atoms. The van der Waals surface area contributed by atoms with Crippen molar-refractivity contribution in [2.24, 2.45) is 0 Å². The Morgan fingerprint density at radius 2 is 1.90 bits per heavy atom. The molecule has 0 saturated carbocycles. The van der Waals surface area contributed by atoms with Crippen molar-refractivity contribution >= 4 is 49.7 Å². The molecule has 0 saturated heterocycles. The number of nitrogens with zero attached hydrogens (tertiary/aromatic N) is 1. The van der Waals surface area contributed by atoms with Crippen molar-refractivity contribution in [2.45, 2.75) is 30.6 Å². The number of aromatic nitrogens is 1. The van der Waals surface area contributed by atoms with Crippen LogP contribution in [0.3, 0.4) is 0 Å². The lowest BCUT2D eigenvalue weighted by atomic mass is 10.0. The Kier molecular flexibility index (Phi) is 4.14. The maximum atomic E-state index is 12.3. The summed E-state index contributed by atoms with van der Waals surface area (Å²) in [4.78, 5) is 5.62. The Morgan fingerprint density at radius 1 is 1.14 bits per heavy atom. The molecule has 2 aromatic rings. The largest absolute Gasteiger partial charge is 0.263 e. The van der Waals surface area contributed by atoms with Gasteiger partial charge in [0.25, 0.3) is 10.0 Å². The molecule has 1 N–H and O–H groups in total. The zero-order valence-corrected chi connectivity index (χ0v) is 14.0. The molecule has 0 amide bonds. The first-order valence-corrected chi connectivity index (χ1v) is 9.48. The molecule has 112 valence electrons. The third-order valence-electron chi connectivity index (χ3n) is 3.27. The van der Waals surface area contributed by atoms with Crippen molar-refractivity contribution in [2.75, 3.05) is 4.72 Å². The molecule has 0 bridgehead atoms. The molecule has 8 heteroatoms. The van der Waals surface area contributed by atoms with Crippen molar-refractivity contribution in [1.29, 1.82) is 0 Å². The molecule has 0 unspecified atom stereocenters. The van der Waals surface area contributed by atoms with Gasteiger partial charge in [0.15, 0.2) is 5.13 Å². The van der Waals surface area contributed by atoms with Crippen molar-refractivity contribution in [1.82, 2.24) is 4.98 Å². The van der Waals surface area contributed by atoms with Crippen LogP contribution >= 0.6 is 34.5 Å². The van der Waals surface area contributed by atoms with E-state index in [2.05, 4.69) is 9.71 Å². The van der Waals surface area contributed by atoms with Crippen LogP contribution in [0.4, 0.5) is 5.13 Å². The van der Waals surface area contributed by atoms with Gasteiger partial charge in [-0.3, -0.25) is 4.72 Å². The number of thiazole rings is 1. The molecule has 0 atom stereocenters. The molecule has 1 aliphatic rings. The molecule has 3 rings (SSSR count). The van der Waals surface area contributed by atoms with Gasteiger partial charge in [-0.05, 0) is 43.9 Å². The highest BCUT2D eigenvalue weighted by Crippen LogP contribution is 2.31. The minimum absolute atomic E-state index is 0.0741. The fourth-order valence-corrected chi connectivity index (χ4v) is 4.89. The Hall–Kier alpha value is -0.820. The van der Waals surface area contributed by atoms with Crippen molar-refractivity contribution < 1.29 is 8.42 Å². The summed E-state index contributed by atoms with van der Waals surface area (Å²) in [5.41, 5.74) is 1.01. The Morgan fingerprint density at radius 3 is 2.62 bits per heavy atom. The van der Waals surface area contributed by atoms with E-state index in [0.717, 1.165) is 31.4 Å². The lowest BCUT2D eigenvalue weighted by Gasteiger charge is -2.06. The average molecular weight is 363 g/mol. The third-order valence-corrected chi connectivity index (χ3v) is 6.55. The summed E-state index contributed by atoms with van der Waals surface area (Å²) in [5, 5.41) is 0.936. The minimum Gasteiger partial charge on any atom is -0.255 e. The summed E-state index contributed by atoms with van der Waals surface area (Å²) >= 11 is 13.1. The SMILES string of the molecule is O=S(=O)(Nc1nc2c(s1)CCCC2)c1ccc(Cl)c(Cl)c1. The van der Waals surface area contributed by atoms with E-state index >= 15 is 0 Å². The van der Waals surface area contributed by atoms with Crippen LogP contribution in [-0.4, -0.2) is 13.4 Å². The fourth-order valence-electron chi connectivity index (χ4n) is 2.21. The van der Waals surface area contributed by atoms with Crippen molar-refractivity contribution in [3.8, 4) is 0 Å². The molecule has 0 aliphatic heterocycles. The topological polar surface area (TPSA) is 59.1 Å². The molecule has 1 heterocycles. The van der Waals surface area contributed by atoms with Crippen LogP contribution < -0.4 is 4.72 Å². The van der Waals surface area contributed by atoms with Crippen LogP contribution in [0.5, 0.6) is 0 Å². The average Bonchev–Trinajstić information content (AvgIpc) is 2.82. The van der Waals surface area contributed by atoms with Gasteiger partial charge in [-0.15, -0.1) is 11.3 Å². The lowest BCUT2D eigenvalue weighted by Crippen LogP contribution is -2.12. The summed E-state index contributed by atoms with van der Waals surface area (Å²) in [7, 11) is -3.70. The number of halogens is 2. The zero-order valence-electron chi connectivity index (χ0n) is 10.9. The Labute approximate surface area is 137 Å². The van der Waals surface area contributed by atoms with E-state index in [1.807, 2.05) is 0 Å². The molecule has 1 aromatic carbocycles. The van der Waals surface area contributed by atoms with Crippen molar-refractivity contribution in [3.05, 3.63) is 38.8 Å². The number of fused-ring (bicyclic) bond motifs is 1. The summed E-state index contributed by atoms with van der Waals surface area (Å²) < 4.78 is 27.2. The first-order valence-electron chi connectivity index (χ1n) is 6.42. The fraction of sp³-hybridized carbons (Fsp3) is 0.308. The molecular weight excluding hydrogens is 351 g/mol. The molecule has 0 radical (unpaired) electrons. The second-order valence-corrected chi connectivity index (χ2v) is 8.36. The predicted molar refractivity (Wildman–Crippen MR) is 86.0 cm³/mol. The van der Waals surface area contributed by atoms with E-state index in [1.165, 1.54) is 34.4 Å². The number of hydrogen-bond donors (Lipinski definition) is 1. The lowest BCUT2D eigenvalue weighted by molar-refractivity contribution is 0.601. The van der Waals surface area contributed by atoms with E-state index in [1.54, 1.807) is 0 Å². The van der Waals surface area contributed by atoms with Gasteiger partial charge >= 0.3 is 0 Å². The summed E-state index contributed by atoms with van der Waals surface area (Å²) in [6.07, 6.45) is 4.13. The van der Waals surface area contributed by atoms with Gasteiger partial charge < -0.3 is 0 Å². The maximum absolute atomic E-state index is 12.3. The Balaban J connectivity index is 1.88. The Bertz CT molecular complexity index is 764. The van der Waals surface area contributed by atoms with E-state index in [-0.39, 0.29) is 9.92 Å². The zero-order chi connectivity index (χ0) is 15.0. The van der Waals surface area contributed by atoms with Crippen LogP contribution in [-0.2, 0) is 22.9 Å². The number of nitrogens with one attached hydrogen (secondary N) is 1. The van der Waals surface area contributed by atoms with Crippen LogP contribution in [0, 0.1) is 0 Å². The number of aryl methyl sites for hydroxylation is 2. The predicted octanol–water partition coefficient (Wildman–Crippen LogP) is 4.13. The van der Waals surface area contributed by atoms with E-state index < -0.39 is 10.0 Å². The number of anilines is 1. The molecule has 0 spiro atoms. The van der Waals surface area contributed by atoms with Crippen LogP contribution in [0.2, 0.25) is 10.0 Å². The first-order chi connectivity index (χ1) is 9.95. The highest BCUT2D eigenvalue weighted by Gasteiger charge is 2.20. The van der Waals surface area contributed by atoms with E-state index in [4.69, 9.17) is 23.2 Å². The third kappa shape index (κ3) is 3.18. The minimum atomic E-state index is -3.70. The van der Waals surface area contributed by atoms with Gasteiger partial charge in [0.2, 0.25) is 0 Å². The van der Waals surface area contributed by atoms with Crippen molar-refractivity contribution in [3.63, 3.8) is 0 Å². The molecule has 0 fully saturated rings. The second kappa shape index (κ2) is 5.76. The number of rotatable bonds is 3. The van der Waals surface area contributed by atoms with Crippen LogP contribution in [0.15, 0.2) is 23.1 Å². The van der Waals surface area contributed by atoms with Gasteiger partial charge in [-0.25, -0.2) is 13.4 Å². The number of sulfonamides is 1. The van der Waals surface area contributed by atoms with Gasteiger partial charge in [-0.1, -0.05) is 23.2 Å². The standard InChI is InChI=1S/C13H12Cl2N2O2S2/c14-9-6-5-8(7-10(9)15)21(18,19)17-13-16-11-3-1-2-4-12(11)20-13/h5-7H,1-4H2,(H,16,17). The highest BCUT2D eigenvalue weighted by molar-refractivity contribution is 7.93. The molecule has 1 aliphatic carbocycles. The first kappa shape index (κ1) is 15.1.